The number of pyridine rings is 1. The van der Waals surface area contributed by atoms with Crippen LogP contribution in [0, 0.1) is 12.7 Å². The highest BCUT2D eigenvalue weighted by atomic mass is 19.1. The molecular formula is C17H12FNO. The third-order valence-corrected chi connectivity index (χ3v) is 3.31. The van der Waals surface area contributed by atoms with E-state index in [9.17, 15) is 9.18 Å². The molecule has 1 heterocycles. The zero-order chi connectivity index (χ0) is 14.1. The van der Waals surface area contributed by atoms with E-state index in [2.05, 4.69) is 4.98 Å². The van der Waals surface area contributed by atoms with E-state index in [0.717, 1.165) is 5.39 Å². The number of rotatable bonds is 2. The van der Waals surface area contributed by atoms with E-state index >= 15 is 0 Å². The molecule has 0 atom stereocenters. The van der Waals surface area contributed by atoms with Gasteiger partial charge in [0.15, 0.2) is 5.78 Å². The van der Waals surface area contributed by atoms with Crippen molar-refractivity contribution in [3.63, 3.8) is 0 Å². The molecule has 0 spiro atoms. The molecule has 3 aromatic rings. The fourth-order valence-electron chi connectivity index (χ4n) is 2.26. The van der Waals surface area contributed by atoms with E-state index in [1.165, 1.54) is 6.07 Å². The van der Waals surface area contributed by atoms with Gasteiger partial charge in [-0.05, 0) is 30.7 Å². The summed E-state index contributed by atoms with van der Waals surface area (Å²) in [7, 11) is 0. The van der Waals surface area contributed by atoms with Crippen molar-refractivity contribution < 1.29 is 9.18 Å². The normalized spacial score (nSPS) is 10.7. The van der Waals surface area contributed by atoms with Gasteiger partial charge in [-0.1, -0.05) is 30.3 Å². The molecular weight excluding hydrogens is 253 g/mol. The lowest BCUT2D eigenvalue weighted by Gasteiger charge is -2.07. The fraction of sp³-hybridized carbons (Fsp3) is 0.0588. The minimum Gasteiger partial charge on any atom is -0.288 e. The second-order valence-electron chi connectivity index (χ2n) is 4.65. The summed E-state index contributed by atoms with van der Waals surface area (Å²) < 4.78 is 14.1. The van der Waals surface area contributed by atoms with Crippen LogP contribution in [0.25, 0.3) is 10.9 Å². The van der Waals surface area contributed by atoms with Crippen LogP contribution in [-0.4, -0.2) is 10.8 Å². The first-order valence-corrected chi connectivity index (χ1v) is 6.32. The number of hydrogen-bond acceptors (Lipinski definition) is 2. The number of carbonyl (C=O) groups is 1. The number of para-hydroxylation sites is 1. The van der Waals surface area contributed by atoms with E-state index in [0.29, 0.717) is 16.6 Å². The Morgan fingerprint density at radius 2 is 1.70 bits per heavy atom. The average Bonchev–Trinajstić information content (AvgIpc) is 2.49. The Labute approximate surface area is 115 Å². The predicted octanol–water partition coefficient (Wildman–Crippen LogP) is 3.91. The molecule has 2 aromatic carbocycles. The van der Waals surface area contributed by atoms with E-state index in [1.54, 1.807) is 37.4 Å². The highest BCUT2D eigenvalue weighted by molar-refractivity contribution is 6.15. The summed E-state index contributed by atoms with van der Waals surface area (Å²) in [5, 5.41) is 0.867. The van der Waals surface area contributed by atoms with Crippen molar-refractivity contribution in [1.29, 1.82) is 0 Å². The fourth-order valence-corrected chi connectivity index (χ4v) is 2.26. The average molecular weight is 265 g/mol. The zero-order valence-electron chi connectivity index (χ0n) is 10.9. The van der Waals surface area contributed by atoms with Crippen LogP contribution in [0.5, 0.6) is 0 Å². The molecule has 0 saturated carbocycles. The molecule has 0 saturated heterocycles. The maximum absolute atomic E-state index is 14.1. The van der Waals surface area contributed by atoms with Crippen LogP contribution in [0.2, 0.25) is 0 Å². The van der Waals surface area contributed by atoms with E-state index < -0.39 is 5.82 Å². The number of ketones is 1. The van der Waals surface area contributed by atoms with Crippen molar-refractivity contribution in [3.8, 4) is 0 Å². The lowest BCUT2D eigenvalue weighted by molar-refractivity contribution is 0.103. The van der Waals surface area contributed by atoms with Gasteiger partial charge < -0.3 is 0 Å². The van der Waals surface area contributed by atoms with Gasteiger partial charge in [0, 0.05) is 17.1 Å². The second kappa shape index (κ2) is 4.85. The summed E-state index contributed by atoms with van der Waals surface area (Å²) >= 11 is 0. The molecule has 0 aliphatic rings. The van der Waals surface area contributed by atoms with Gasteiger partial charge in [-0.2, -0.15) is 0 Å². The van der Waals surface area contributed by atoms with Gasteiger partial charge in [0.05, 0.1) is 11.1 Å². The molecule has 0 N–H and O–H groups in total. The van der Waals surface area contributed by atoms with Crippen molar-refractivity contribution in [2.45, 2.75) is 6.92 Å². The first-order chi connectivity index (χ1) is 9.68. The number of hydrogen-bond donors (Lipinski definition) is 0. The molecule has 3 rings (SSSR count). The number of fused-ring (bicyclic) bond motifs is 1. The highest BCUT2D eigenvalue weighted by Crippen LogP contribution is 2.21. The summed E-state index contributed by atoms with van der Waals surface area (Å²) in [5.74, 6) is -0.805. The van der Waals surface area contributed by atoms with Crippen LogP contribution in [-0.2, 0) is 0 Å². The Bertz CT molecular complexity index is 806. The Kier molecular flexibility index (Phi) is 3.03. The molecule has 2 nitrogen and oxygen atoms in total. The van der Waals surface area contributed by atoms with Crippen molar-refractivity contribution >= 4 is 16.7 Å². The molecule has 3 heteroatoms. The Morgan fingerprint density at radius 1 is 1.00 bits per heavy atom. The first kappa shape index (κ1) is 12.5. The topological polar surface area (TPSA) is 30.0 Å². The monoisotopic (exact) mass is 265 g/mol. The van der Waals surface area contributed by atoms with E-state index in [4.69, 9.17) is 0 Å². The maximum atomic E-state index is 14.1. The van der Waals surface area contributed by atoms with Crippen LogP contribution in [0.1, 0.15) is 21.5 Å². The molecule has 0 bridgehead atoms. The molecule has 0 aliphatic carbocycles. The predicted molar refractivity (Wildman–Crippen MR) is 76.3 cm³/mol. The summed E-state index contributed by atoms with van der Waals surface area (Å²) in [6.07, 6.45) is 1.63. The third kappa shape index (κ3) is 1.97. The largest absolute Gasteiger partial charge is 0.288 e. The quantitative estimate of drug-likeness (QED) is 0.657. The van der Waals surface area contributed by atoms with Crippen LogP contribution < -0.4 is 0 Å². The zero-order valence-corrected chi connectivity index (χ0v) is 10.9. The van der Waals surface area contributed by atoms with Crippen molar-refractivity contribution in [1.82, 2.24) is 4.98 Å². The van der Waals surface area contributed by atoms with E-state index in [-0.39, 0.29) is 11.3 Å². The minimum atomic E-state index is -0.467. The standard InChI is InChI=1S/C17H12FNO/c1-11-5-2-8-13(15(11)18)17(20)14-9-3-6-12-7-4-10-19-16(12)14/h2-10H,1H3. The van der Waals surface area contributed by atoms with Crippen LogP contribution in [0.15, 0.2) is 54.7 Å². The Balaban J connectivity index is 2.21. The third-order valence-electron chi connectivity index (χ3n) is 3.31. The number of aromatic nitrogens is 1. The van der Waals surface area contributed by atoms with Gasteiger partial charge in [-0.15, -0.1) is 0 Å². The molecule has 0 unspecified atom stereocenters. The Morgan fingerprint density at radius 3 is 2.55 bits per heavy atom. The molecule has 0 amide bonds. The summed E-state index contributed by atoms with van der Waals surface area (Å²) in [4.78, 5) is 16.8. The maximum Gasteiger partial charge on any atom is 0.198 e. The second-order valence-corrected chi connectivity index (χ2v) is 4.65. The number of halogens is 1. The van der Waals surface area contributed by atoms with Gasteiger partial charge in [0.2, 0.25) is 0 Å². The molecule has 0 radical (unpaired) electrons. The molecule has 1 aromatic heterocycles. The van der Waals surface area contributed by atoms with Gasteiger partial charge >= 0.3 is 0 Å². The first-order valence-electron chi connectivity index (χ1n) is 6.32. The van der Waals surface area contributed by atoms with Crippen LogP contribution in [0.4, 0.5) is 4.39 Å². The summed E-state index contributed by atoms with van der Waals surface area (Å²) in [6.45, 7) is 1.65. The highest BCUT2D eigenvalue weighted by Gasteiger charge is 2.17. The van der Waals surface area contributed by atoms with Crippen LogP contribution >= 0.6 is 0 Å². The van der Waals surface area contributed by atoms with E-state index in [1.807, 2.05) is 18.2 Å². The lowest BCUT2D eigenvalue weighted by Crippen LogP contribution is -2.06. The number of nitrogens with zero attached hydrogens (tertiary/aromatic N) is 1. The molecule has 20 heavy (non-hydrogen) atoms. The number of aryl methyl sites for hydroxylation is 1. The van der Waals surface area contributed by atoms with Gasteiger partial charge in [0.25, 0.3) is 0 Å². The van der Waals surface area contributed by atoms with Crippen molar-refractivity contribution in [3.05, 3.63) is 77.2 Å². The molecule has 0 fully saturated rings. The molecule has 0 aliphatic heterocycles. The lowest BCUT2D eigenvalue weighted by atomic mass is 9.98. The number of carbonyl (C=O) groups excluding carboxylic acids is 1. The van der Waals surface area contributed by atoms with Crippen molar-refractivity contribution in [2.75, 3.05) is 0 Å². The Hall–Kier alpha value is -2.55. The summed E-state index contributed by atoms with van der Waals surface area (Å²) in [6, 6.07) is 13.9. The smallest absolute Gasteiger partial charge is 0.198 e. The SMILES string of the molecule is Cc1cccc(C(=O)c2cccc3cccnc23)c1F. The van der Waals surface area contributed by atoms with Crippen LogP contribution in [0.3, 0.4) is 0 Å². The molecule has 98 valence electrons. The van der Waals surface area contributed by atoms with Gasteiger partial charge in [-0.25, -0.2) is 4.39 Å². The summed E-state index contributed by atoms with van der Waals surface area (Å²) in [5.41, 5.74) is 1.57. The van der Waals surface area contributed by atoms with Gasteiger partial charge in [0.1, 0.15) is 5.82 Å². The van der Waals surface area contributed by atoms with Crippen molar-refractivity contribution in [2.24, 2.45) is 0 Å². The van der Waals surface area contributed by atoms with Gasteiger partial charge in [-0.3, -0.25) is 9.78 Å². The minimum absolute atomic E-state index is 0.0863. The number of benzene rings is 2.